The van der Waals surface area contributed by atoms with Crippen LogP contribution in [0.4, 0.5) is 9.18 Å². The van der Waals surface area contributed by atoms with Crippen LogP contribution in [0.2, 0.25) is 0 Å². The maximum Gasteiger partial charge on any atom is 0.407 e. The van der Waals surface area contributed by atoms with Crippen molar-refractivity contribution in [2.75, 3.05) is 26.2 Å². The smallest absolute Gasteiger partial charge is 0.407 e. The average molecular weight is 1160 g/mol. The normalized spacial score (nSPS) is 16.9. The Morgan fingerprint density at radius 1 is 0.812 bits per heavy atom. The number of esters is 2. The maximum atomic E-state index is 15.5. The van der Waals surface area contributed by atoms with Crippen molar-refractivity contribution in [3.63, 3.8) is 0 Å². The molecule has 2 aromatic heterocycles. The largest absolute Gasteiger partial charge is 0.460 e. The minimum atomic E-state index is -2.08. The highest BCUT2D eigenvalue weighted by Crippen LogP contribution is 2.47. The second kappa shape index (κ2) is 24.1. The number of aryl methyl sites for hydroxylation is 1. The molecule has 6 aromatic rings. The first kappa shape index (κ1) is 58.9. The minimum absolute atomic E-state index is 0.0127. The highest BCUT2D eigenvalue weighted by Gasteiger charge is 2.46. The van der Waals surface area contributed by atoms with E-state index in [0.29, 0.717) is 57.4 Å². The summed E-state index contributed by atoms with van der Waals surface area (Å²) in [6.07, 6.45) is -0.800. The second-order valence-corrected chi connectivity index (χ2v) is 22.6. The molecule has 0 spiro atoms. The molecule has 21 nitrogen and oxygen atoms in total. The summed E-state index contributed by atoms with van der Waals surface area (Å²) in [7, 11) is 0. The van der Waals surface area contributed by atoms with Gasteiger partial charge in [-0.05, 0) is 104 Å². The molecule has 2 aliphatic heterocycles. The summed E-state index contributed by atoms with van der Waals surface area (Å²) in [5, 5.41) is 27.7. The van der Waals surface area contributed by atoms with Gasteiger partial charge in [-0.25, -0.2) is 19.0 Å². The summed E-state index contributed by atoms with van der Waals surface area (Å²) in [4.78, 5) is 126. The highest BCUT2D eigenvalue weighted by molar-refractivity contribution is 5.96. The van der Waals surface area contributed by atoms with E-state index in [0.717, 1.165) is 22.3 Å². The summed E-state index contributed by atoms with van der Waals surface area (Å²) < 4.78 is 33.3. The summed E-state index contributed by atoms with van der Waals surface area (Å²) in [5.74, 6) is -6.00. The monoisotopic (exact) mass is 1160 g/mol. The molecular weight excluding hydrogens is 1100 g/mol. The van der Waals surface area contributed by atoms with Crippen molar-refractivity contribution in [2.45, 2.75) is 122 Å². The van der Waals surface area contributed by atoms with Crippen LogP contribution in [0.15, 0.2) is 95.8 Å². The molecule has 22 heteroatoms. The first-order valence-electron chi connectivity index (χ1n) is 28.2. The molecule has 4 aromatic carbocycles. The molecule has 0 saturated heterocycles. The van der Waals surface area contributed by atoms with Gasteiger partial charge < -0.3 is 55.8 Å². The fourth-order valence-electron chi connectivity index (χ4n) is 11.8. The van der Waals surface area contributed by atoms with E-state index in [1.165, 1.54) is 10.6 Å². The molecule has 0 unspecified atom stereocenters. The topological polar surface area (TPSA) is 292 Å². The summed E-state index contributed by atoms with van der Waals surface area (Å²) in [5.41, 5.74) is 4.73. The third kappa shape index (κ3) is 12.2. The molecule has 85 heavy (non-hydrogen) atoms. The van der Waals surface area contributed by atoms with Crippen LogP contribution in [-0.4, -0.2) is 106 Å². The number of rotatable bonds is 19. The standard InChI is InChI=1S/C63H65FN8O13/c1-6-63(82)43-25-49-56-40(30-72(49)59(79)42(43)32-83-60(63)80)55-45(21-20-35-33(2)44(64)26-47(70-56)54(35)55)68-52(75)29-67-58(78)48(24-34-14-8-7-9-15-34)69-51(74)28-65-50(73)27-66-57(77)46(22-23-53(76)85-62(3,4)5)71-61(81)84-31-41-38-18-12-10-16-36(38)37-17-11-13-19-39(37)41/h7-19,25-26,41,45-46,48,82H,6,20-24,27-32H2,1-5H3,(H,65,73)(H,66,77)(H,67,78)(H,68,75)(H,69,74)(H,71,81)/t45-,46-,48-,63-/m0/s1. The molecule has 2 aliphatic carbocycles. The molecule has 0 bridgehead atoms. The quantitative estimate of drug-likeness (QED) is 0.0426. The number of cyclic esters (lactones) is 1. The minimum Gasteiger partial charge on any atom is -0.460 e. The van der Waals surface area contributed by atoms with Gasteiger partial charge in [-0.2, -0.15) is 0 Å². The van der Waals surface area contributed by atoms with E-state index in [4.69, 9.17) is 19.2 Å². The Morgan fingerprint density at radius 3 is 2.14 bits per heavy atom. The van der Waals surface area contributed by atoms with E-state index in [-0.39, 0.29) is 68.0 Å². The highest BCUT2D eigenvalue weighted by atomic mass is 19.1. The Balaban J connectivity index is 0.768. The zero-order valence-electron chi connectivity index (χ0n) is 47.6. The predicted molar refractivity (Wildman–Crippen MR) is 307 cm³/mol. The van der Waals surface area contributed by atoms with Gasteiger partial charge in [-0.15, -0.1) is 0 Å². The molecule has 0 fully saturated rings. The number of carbonyl (C=O) groups excluding carboxylic acids is 8. The van der Waals surface area contributed by atoms with Crippen LogP contribution >= 0.6 is 0 Å². The van der Waals surface area contributed by atoms with E-state index in [1.54, 1.807) is 71.0 Å². The molecular formula is C63H65FN8O13. The number of nitrogens with one attached hydrogen (secondary N) is 6. The Bertz CT molecular complexity index is 3740. The van der Waals surface area contributed by atoms with Crippen molar-refractivity contribution in [1.82, 2.24) is 41.5 Å². The van der Waals surface area contributed by atoms with Gasteiger partial charge in [-0.1, -0.05) is 85.8 Å². The molecule has 7 N–H and O–H groups in total. The number of aliphatic hydroxyl groups is 1. The summed E-state index contributed by atoms with van der Waals surface area (Å²) in [6, 6.07) is 23.9. The first-order chi connectivity index (χ1) is 40.6. The zero-order valence-corrected chi connectivity index (χ0v) is 47.6. The van der Waals surface area contributed by atoms with Crippen LogP contribution in [0.3, 0.4) is 0 Å². The van der Waals surface area contributed by atoms with Gasteiger partial charge in [0.15, 0.2) is 5.60 Å². The number of hydrogen-bond donors (Lipinski definition) is 7. The maximum absolute atomic E-state index is 15.5. The van der Waals surface area contributed by atoms with E-state index < -0.39 is 108 Å². The molecule has 4 atom stereocenters. The lowest BCUT2D eigenvalue weighted by Crippen LogP contribution is -2.53. The van der Waals surface area contributed by atoms with Gasteiger partial charge >= 0.3 is 18.0 Å². The Morgan fingerprint density at radius 2 is 1.46 bits per heavy atom. The third-order valence-electron chi connectivity index (χ3n) is 15.9. The number of halogens is 1. The number of fused-ring (bicyclic) bond motifs is 8. The van der Waals surface area contributed by atoms with Crippen LogP contribution in [0.5, 0.6) is 0 Å². The number of alkyl carbamates (subject to hydrolysis) is 1. The van der Waals surface area contributed by atoms with Crippen LogP contribution < -0.4 is 37.5 Å². The molecule has 4 heterocycles. The summed E-state index contributed by atoms with van der Waals surface area (Å²) >= 11 is 0. The second-order valence-electron chi connectivity index (χ2n) is 22.6. The Labute approximate surface area is 487 Å². The Kier molecular flexibility index (Phi) is 16.7. The number of hydrogen-bond acceptors (Lipinski definition) is 14. The van der Waals surface area contributed by atoms with Crippen LogP contribution in [0.1, 0.15) is 115 Å². The van der Waals surface area contributed by atoms with E-state index >= 15 is 4.39 Å². The van der Waals surface area contributed by atoms with E-state index in [2.05, 4.69) is 31.9 Å². The van der Waals surface area contributed by atoms with Crippen LogP contribution in [0, 0.1) is 12.7 Å². The van der Waals surface area contributed by atoms with Gasteiger partial charge in [0.2, 0.25) is 29.5 Å². The first-order valence-corrected chi connectivity index (χ1v) is 28.2. The van der Waals surface area contributed by atoms with Gasteiger partial charge in [0.25, 0.3) is 5.56 Å². The SMILES string of the molecule is CC[C@@]1(O)C(=O)OCc2c1cc1n(c2=O)Cc2c-1nc1cc(F)c(C)c3c1c2[C@@H](NC(=O)CNC(=O)[C@H](Cc1ccccc1)NC(=O)CNC(=O)CNC(=O)[C@H](CCC(=O)OC(C)(C)C)NC(=O)OCC1c2ccccc2-c2ccccc21)CC3. The van der Waals surface area contributed by atoms with Crippen molar-refractivity contribution in [2.24, 2.45) is 0 Å². The number of carbonyl (C=O) groups is 8. The molecule has 0 saturated carbocycles. The number of ether oxygens (including phenoxy) is 3. The van der Waals surface area contributed by atoms with E-state index in [9.17, 15) is 48.3 Å². The number of aromatic nitrogens is 2. The molecule has 10 rings (SSSR count). The molecule has 4 aliphatic rings. The number of nitrogens with zero attached hydrogens (tertiary/aromatic N) is 2. The number of pyridine rings is 2. The average Bonchev–Trinajstić information content (AvgIpc) is 1.75. The van der Waals surface area contributed by atoms with Crippen molar-refractivity contribution in [3.8, 4) is 22.5 Å². The lowest BCUT2D eigenvalue weighted by atomic mass is 9.81. The van der Waals surface area contributed by atoms with E-state index in [1.807, 2.05) is 48.5 Å². The van der Waals surface area contributed by atoms with Crippen molar-refractivity contribution < 1.29 is 62.1 Å². The molecule has 6 amide bonds. The molecule has 442 valence electrons. The van der Waals surface area contributed by atoms with Crippen LogP contribution in [-0.2, 0) is 79.4 Å². The lowest BCUT2D eigenvalue weighted by Gasteiger charge is -2.31. The zero-order chi connectivity index (χ0) is 60.5. The van der Waals surface area contributed by atoms with Gasteiger partial charge in [0.05, 0.1) is 54.7 Å². The number of amides is 6. The Hall–Kier alpha value is -9.31. The summed E-state index contributed by atoms with van der Waals surface area (Å²) in [6.45, 7) is 6.15. The number of benzene rings is 4. The van der Waals surface area contributed by atoms with Crippen molar-refractivity contribution in [1.29, 1.82) is 0 Å². The third-order valence-corrected chi connectivity index (χ3v) is 15.9. The molecule has 0 radical (unpaired) electrons. The predicted octanol–water partition coefficient (Wildman–Crippen LogP) is 4.74. The van der Waals surface area contributed by atoms with Crippen molar-refractivity contribution >= 4 is 58.5 Å². The fourth-order valence-corrected chi connectivity index (χ4v) is 11.8. The van der Waals surface area contributed by atoms with Gasteiger partial charge in [-0.3, -0.25) is 33.6 Å². The fraction of sp³-hybridized carbons (Fsp3) is 0.365. The van der Waals surface area contributed by atoms with Gasteiger partial charge in [0, 0.05) is 41.3 Å². The lowest BCUT2D eigenvalue weighted by molar-refractivity contribution is -0.172. The van der Waals surface area contributed by atoms with Crippen molar-refractivity contribution in [3.05, 3.63) is 157 Å². The van der Waals surface area contributed by atoms with Gasteiger partial charge in [0.1, 0.15) is 36.7 Å². The van der Waals surface area contributed by atoms with Crippen LogP contribution in [0.25, 0.3) is 33.4 Å².